The molecule has 0 N–H and O–H groups in total. The predicted octanol–water partition coefficient (Wildman–Crippen LogP) is 6.09. The Kier molecular flexibility index (Phi) is 3.51. The van der Waals surface area contributed by atoms with E-state index in [4.69, 9.17) is 0 Å². The van der Waals surface area contributed by atoms with Crippen LogP contribution in [0.4, 0.5) is 4.39 Å². The predicted molar refractivity (Wildman–Crippen MR) is 113 cm³/mol. The van der Waals surface area contributed by atoms with Crippen LogP contribution < -0.4 is 4.57 Å². The molecule has 0 saturated carbocycles. The molecule has 1 aliphatic carbocycles. The first-order valence-corrected chi connectivity index (χ1v) is 9.71. The van der Waals surface area contributed by atoms with Crippen molar-refractivity contribution in [2.45, 2.75) is 26.2 Å². The Morgan fingerprint density at radius 1 is 0.821 bits per heavy atom. The van der Waals surface area contributed by atoms with Crippen LogP contribution in [0, 0.1) is 12.7 Å². The zero-order chi connectivity index (χ0) is 19.6. The zero-order valence-electron chi connectivity index (χ0n) is 16.7. The first-order valence-electron chi connectivity index (χ1n) is 9.71. The van der Waals surface area contributed by atoms with Crippen LogP contribution in [0.1, 0.15) is 30.5 Å². The monoisotopic (exact) mass is 368 g/mol. The maximum atomic E-state index is 13.8. The maximum Gasteiger partial charge on any atom is 0.220 e. The molecule has 0 unspecified atom stereocenters. The van der Waals surface area contributed by atoms with Crippen molar-refractivity contribution in [2.24, 2.45) is 7.05 Å². The van der Waals surface area contributed by atoms with Gasteiger partial charge in [-0.05, 0) is 64.4 Å². The first kappa shape index (κ1) is 17.1. The van der Waals surface area contributed by atoms with E-state index >= 15 is 0 Å². The van der Waals surface area contributed by atoms with Crippen LogP contribution in [0.3, 0.4) is 0 Å². The van der Waals surface area contributed by atoms with Crippen molar-refractivity contribution < 1.29 is 8.96 Å². The van der Waals surface area contributed by atoms with Gasteiger partial charge in [0.05, 0.1) is 10.9 Å². The summed E-state index contributed by atoms with van der Waals surface area (Å²) in [6, 6.07) is 20.4. The minimum atomic E-state index is -0.199. The second kappa shape index (κ2) is 5.75. The number of aryl methyl sites for hydroxylation is 2. The molecule has 1 heterocycles. The van der Waals surface area contributed by atoms with Gasteiger partial charge < -0.3 is 0 Å². The number of benzene rings is 3. The van der Waals surface area contributed by atoms with Crippen LogP contribution in [0.2, 0.25) is 0 Å². The standard InChI is InChI=1S/C26H23FN/c1-16-13-22-20-7-5-6-8-23(20)26(2,3)24(22)15-21(16)25-19-10-9-18(27)14-17(19)11-12-28(25)4/h5-15H,1-4H3/q+1. The third-order valence-electron chi connectivity index (χ3n) is 6.28. The van der Waals surface area contributed by atoms with E-state index in [1.54, 1.807) is 12.1 Å². The average molecular weight is 368 g/mol. The number of hydrogen-bond acceptors (Lipinski definition) is 0. The summed E-state index contributed by atoms with van der Waals surface area (Å²) in [5, 5.41) is 2.00. The fourth-order valence-electron chi connectivity index (χ4n) is 4.79. The smallest absolute Gasteiger partial charge is 0.207 e. The van der Waals surface area contributed by atoms with E-state index < -0.39 is 0 Å². The van der Waals surface area contributed by atoms with Gasteiger partial charge in [0.25, 0.3) is 0 Å². The van der Waals surface area contributed by atoms with Gasteiger partial charge in [0.2, 0.25) is 5.69 Å². The van der Waals surface area contributed by atoms with Crippen molar-refractivity contribution in [1.29, 1.82) is 0 Å². The molecule has 1 nitrogen and oxygen atoms in total. The Morgan fingerprint density at radius 3 is 2.43 bits per heavy atom. The first-order chi connectivity index (χ1) is 13.4. The summed E-state index contributed by atoms with van der Waals surface area (Å²) in [6.07, 6.45) is 2.02. The summed E-state index contributed by atoms with van der Waals surface area (Å²) in [6.45, 7) is 6.77. The SMILES string of the molecule is Cc1cc2c(cc1-c1c3ccc(F)cc3cc[n+]1C)C(C)(C)c1ccccc1-2. The third kappa shape index (κ3) is 2.27. The summed E-state index contributed by atoms with van der Waals surface area (Å²) in [7, 11) is 2.06. The lowest BCUT2D eigenvalue weighted by Crippen LogP contribution is -2.31. The number of nitrogens with zero attached hydrogens (tertiary/aromatic N) is 1. The normalized spacial score (nSPS) is 14.2. The van der Waals surface area contributed by atoms with Gasteiger partial charge >= 0.3 is 0 Å². The summed E-state index contributed by atoms with van der Waals surface area (Å²) in [5.41, 5.74) is 8.93. The Balaban J connectivity index is 1.83. The fourth-order valence-corrected chi connectivity index (χ4v) is 4.79. The van der Waals surface area contributed by atoms with E-state index in [0.717, 1.165) is 16.5 Å². The Labute approximate surface area is 165 Å². The van der Waals surface area contributed by atoms with Gasteiger partial charge in [-0.25, -0.2) is 8.96 Å². The minimum Gasteiger partial charge on any atom is -0.207 e. The molecular weight excluding hydrogens is 345 g/mol. The quantitative estimate of drug-likeness (QED) is 0.358. The molecule has 3 aromatic carbocycles. The molecule has 0 fully saturated rings. The Bertz CT molecular complexity index is 1270. The molecule has 5 rings (SSSR count). The highest BCUT2D eigenvalue weighted by molar-refractivity contribution is 5.95. The highest BCUT2D eigenvalue weighted by atomic mass is 19.1. The second-order valence-electron chi connectivity index (χ2n) is 8.39. The van der Waals surface area contributed by atoms with Crippen LogP contribution in [-0.4, -0.2) is 0 Å². The van der Waals surface area contributed by atoms with Gasteiger partial charge in [0, 0.05) is 11.5 Å². The van der Waals surface area contributed by atoms with E-state index in [9.17, 15) is 4.39 Å². The highest BCUT2D eigenvalue weighted by Crippen LogP contribution is 2.50. The van der Waals surface area contributed by atoms with Gasteiger partial charge in [-0.2, -0.15) is 0 Å². The molecule has 2 heteroatoms. The summed E-state index contributed by atoms with van der Waals surface area (Å²) in [4.78, 5) is 0. The third-order valence-corrected chi connectivity index (χ3v) is 6.28. The van der Waals surface area contributed by atoms with Crippen LogP contribution in [0.15, 0.2) is 66.9 Å². The van der Waals surface area contributed by atoms with Crippen molar-refractivity contribution in [3.8, 4) is 22.4 Å². The van der Waals surface area contributed by atoms with Crippen LogP contribution in [0.5, 0.6) is 0 Å². The molecular formula is C26H23FN+. The number of halogens is 1. The van der Waals surface area contributed by atoms with E-state index in [0.29, 0.717) is 0 Å². The molecule has 138 valence electrons. The summed E-state index contributed by atoms with van der Waals surface area (Å²) >= 11 is 0. The van der Waals surface area contributed by atoms with Crippen molar-refractivity contribution in [3.63, 3.8) is 0 Å². The molecule has 0 atom stereocenters. The number of fused-ring (bicyclic) bond motifs is 4. The van der Waals surface area contributed by atoms with Crippen molar-refractivity contribution in [1.82, 2.24) is 0 Å². The summed E-state index contributed by atoms with van der Waals surface area (Å²) < 4.78 is 15.9. The number of aromatic nitrogens is 1. The van der Waals surface area contributed by atoms with E-state index in [1.165, 1.54) is 33.4 Å². The largest absolute Gasteiger partial charge is 0.220 e. The molecule has 0 spiro atoms. The zero-order valence-corrected chi connectivity index (χ0v) is 16.7. The Hall–Kier alpha value is -3.00. The fraction of sp³-hybridized carbons (Fsp3) is 0.192. The van der Waals surface area contributed by atoms with Crippen molar-refractivity contribution in [3.05, 3.63) is 89.4 Å². The summed E-state index contributed by atoms with van der Waals surface area (Å²) in [5.74, 6) is -0.199. The second-order valence-corrected chi connectivity index (χ2v) is 8.39. The highest BCUT2D eigenvalue weighted by Gasteiger charge is 2.36. The van der Waals surface area contributed by atoms with Gasteiger partial charge in [0.1, 0.15) is 12.9 Å². The van der Waals surface area contributed by atoms with Gasteiger partial charge in [0.15, 0.2) is 6.20 Å². The molecule has 4 aromatic rings. The van der Waals surface area contributed by atoms with Crippen molar-refractivity contribution >= 4 is 10.8 Å². The van der Waals surface area contributed by atoms with E-state index in [2.05, 4.69) is 68.8 Å². The van der Waals surface area contributed by atoms with E-state index in [1.807, 2.05) is 18.3 Å². The maximum absolute atomic E-state index is 13.8. The molecule has 0 aliphatic heterocycles. The number of pyridine rings is 1. The van der Waals surface area contributed by atoms with Crippen LogP contribution >= 0.6 is 0 Å². The minimum absolute atomic E-state index is 0.0381. The molecule has 1 aromatic heterocycles. The molecule has 28 heavy (non-hydrogen) atoms. The molecule has 0 amide bonds. The number of hydrogen-bond donors (Lipinski definition) is 0. The average Bonchev–Trinajstić information content (AvgIpc) is 2.89. The Morgan fingerprint density at radius 2 is 1.61 bits per heavy atom. The van der Waals surface area contributed by atoms with Gasteiger partial charge in [-0.15, -0.1) is 0 Å². The molecule has 0 bridgehead atoms. The topological polar surface area (TPSA) is 3.88 Å². The van der Waals surface area contributed by atoms with E-state index in [-0.39, 0.29) is 11.2 Å². The van der Waals surface area contributed by atoms with Crippen molar-refractivity contribution in [2.75, 3.05) is 0 Å². The lowest BCUT2D eigenvalue weighted by atomic mass is 9.81. The van der Waals surface area contributed by atoms with Crippen LogP contribution in [0.25, 0.3) is 33.2 Å². The lowest BCUT2D eigenvalue weighted by molar-refractivity contribution is -0.659. The van der Waals surface area contributed by atoms with Crippen LogP contribution in [-0.2, 0) is 12.5 Å². The lowest BCUT2D eigenvalue weighted by Gasteiger charge is -2.22. The number of rotatable bonds is 1. The molecule has 0 radical (unpaired) electrons. The van der Waals surface area contributed by atoms with Gasteiger partial charge in [-0.3, -0.25) is 0 Å². The van der Waals surface area contributed by atoms with Gasteiger partial charge in [-0.1, -0.05) is 44.2 Å². The molecule has 1 aliphatic rings. The molecule has 0 saturated heterocycles.